The number of nitrogens with zero attached hydrogens (tertiary/aromatic N) is 1. The first-order chi connectivity index (χ1) is 9.25. The molecule has 0 atom stereocenters. The topological polar surface area (TPSA) is 47.9 Å². The Bertz CT molecular complexity index is 486. The van der Waals surface area contributed by atoms with E-state index in [1.54, 1.807) is 20.3 Å². The molecular formula is C15H19NO3. The molecule has 102 valence electrons. The van der Waals surface area contributed by atoms with Crippen LogP contribution in [0.2, 0.25) is 0 Å². The van der Waals surface area contributed by atoms with Crippen molar-refractivity contribution in [2.45, 2.75) is 37.6 Å². The van der Waals surface area contributed by atoms with Gasteiger partial charge in [0.1, 0.15) is 0 Å². The minimum absolute atomic E-state index is 0.431. The summed E-state index contributed by atoms with van der Waals surface area (Å²) in [5.41, 5.74) is 0.577. The molecule has 1 aromatic carbocycles. The van der Waals surface area contributed by atoms with E-state index in [1.807, 2.05) is 18.2 Å². The lowest BCUT2D eigenvalue weighted by Crippen LogP contribution is -2.26. The zero-order valence-electron chi connectivity index (χ0n) is 11.4. The zero-order valence-corrected chi connectivity index (χ0v) is 11.4. The highest BCUT2D eigenvalue weighted by Crippen LogP contribution is 2.43. The molecule has 4 heteroatoms. The van der Waals surface area contributed by atoms with Gasteiger partial charge < -0.3 is 9.47 Å². The molecule has 4 nitrogen and oxygen atoms in total. The van der Waals surface area contributed by atoms with Crippen molar-refractivity contribution < 1.29 is 14.3 Å². The molecule has 1 aliphatic carbocycles. The average Bonchev–Trinajstić information content (AvgIpc) is 2.47. The number of ether oxygens (including phenoxy) is 2. The SMILES string of the molecule is COc1ccc(C2(N=C=O)CCCCC2)cc1OC. The van der Waals surface area contributed by atoms with Crippen molar-refractivity contribution in [2.24, 2.45) is 4.99 Å². The van der Waals surface area contributed by atoms with Gasteiger partial charge in [0, 0.05) is 0 Å². The van der Waals surface area contributed by atoms with Gasteiger partial charge in [-0.2, -0.15) is 4.99 Å². The van der Waals surface area contributed by atoms with Gasteiger partial charge in [-0.1, -0.05) is 25.3 Å². The monoisotopic (exact) mass is 261 g/mol. The Kier molecular flexibility index (Phi) is 4.23. The van der Waals surface area contributed by atoms with Gasteiger partial charge in [-0.25, -0.2) is 4.79 Å². The Morgan fingerprint density at radius 2 is 1.79 bits per heavy atom. The van der Waals surface area contributed by atoms with Crippen LogP contribution in [-0.2, 0) is 10.3 Å². The Morgan fingerprint density at radius 1 is 1.11 bits per heavy atom. The second-order valence-corrected chi connectivity index (χ2v) is 4.87. The van der Waals surface area contributed by atoms with Crippen molar-refractivity contribution in [2.75, 3.05) is 14.2 Å². The normalized spacial score (nSPS) is 17.4. The molecule has 19 heavy (non-hydrogen) atoms. The molecular weight excluding hydrogens is 242 g/mol. The van der Waals surface area contributed by atoms with Crippen LogP contribution in [0.4, 0.5) is 0 Å². The van der Waals surface area contributed by atoms with Crippen molar-refractivity contribution in [3.05, 3.63) is 23.8 Å². The van der Waals surface area contributed by atoms with Crippen molar-refractivity contribution in [1.29, 1.82) is 0 Å². The fourth-order valence-corrected chi connectivity index (χ4v) is 2.81. The fourth-order valence-electron chi connectivity index (χ4n) is 2.81. The van der Waals surface area contributed by atoms with Crippen LogP contribution in [0.5, 0.6) is 11.5 Å². The van der Waals surface area contributed by atoms with E-state index in [0.29, 0.717) is 11.5 Å². The molecule has 0 aromatic heterocycles. The van der Waals surface area contributed by atoms with Gasteiger partial charge in [-0.05, 0) is 30.5 Å². The Hall–Kier alpha value is -1.80. The van der Waals surface area contributed by atoms with Gasteiger partial charge in [0.2, 0.25) is 6.08 Å². The van der Waals surface area contributed by atoms with E-state index in [2.05, 4.69) is 4.99 Å². The van der Waals surface area contributed by atoms with Gasteiger partial charge >= 0.3 is 0 Å². The summed E-state index contributed by atoms with van der Waals surface area (Å²) in [4.78, 5) is 14.9. The zero-order chi connectivity index (χ0) is 13.7. The standard InChI is InChI=1S/C15H19NO3/c1-18-13-7-6-12(10-14(13)19-2)15(16-11-17)8-4-3-5-9-15/h6-7,10H,3-5,8-9H2,1-2H3. The quantitative estimate of drug-likeness (QED) is 0.617. The third kappa shape index (κ3) is 2.64. The molecule has 0 unspecified atom stereocenters. The summed E-state index contributed by atoms with van der Waals surface area (Å²) >= 11 is 0. The van der Waals surface area contributed by atoms with Crippen LogP contribution in [0.3, 0.4) is 0 Å². The molecule has 0 amide bonds. The molecule has 1 saturated carbocycles. The van der Waals surface area contributed by atoms with Crippen LogP contribution in [0.25, 0.3) is 0 Å². The number of methoxy groups -OCH3 is 2. The molecule has 0 radical (unpaired) electrons. The molecule has 0 saturated heterocycles. The van der Waals surface area contributed by atoms with Crippen molar-refractivity contribution >= 4 is 6.08 Å². The lowest BCUT2D eigenvalue weighted by Gasteiger charge is -2.32. The maximum Gasteiger partial charge on any atom is 0.235 e. The lowest BCUT2D eigenvalue weighted by atomic mass is 9.77. The maximum absolute atomic E-state index is 10.8. The molecule has 1 aliphatic rings. The Labute approximate surface area is 113 Å². The van der Waals surface area contributed by atoms with E-state index in [0.717, 1.165) is 31.2 Å². The van der Waals surface area contributed by atoms with Crippen LogP contribution in [0.1, 0.15) is 37.7 Å². The van der Waals surface area contributed by atoms with Crippen LogP contribution < -0.4 is 9.47 Å². The Balaban J connectivity index is 2.44. The number of hydrogen-bond acceptors (Lipinski definition) is 4. The summed E-state index contributed by atoms with van der Waals surface area (Å²) < 4.78 is 10.6. The van der Waals surface area contributed by atoms with Gasteiger partial charge in [0.05, 0.1) is 19.8 Å². The molecule has 0 aliphatic heterocycles. The molecule has 0 heterocycles. The van der Waals surface area contributed by atoms with Crippen molar-refractivity contribution in [3.63, 3.8) is 0 Å². The first-order valence-corrected chi connectivity index (χ1v) is 6.57. The fraction of sp³-hybridized carbons (Fsp3) is 0.533. The van der Waals surface area contributed by atoms with Crippen LogP contribution in [-0.4, -0.2) is 20.3 Å². The summed E-state index contributed by atoms with van der Waals surface area (Å²) in [6.07, 6.45) is 6.88. The summed E-state index contributed by atoms with van der Waals surface area (Å²) in [5.74, 6) is 1.36. The summed E-state index contributed by atoms with van der Waals surface area (Å²) in [6, 6.07) is 5.75. The molecule has 0 bridgehead atoms. The number of benzene rings is 1. The number of hydrogen-bond donors (Lipinski definition) is 0. The third-order valence-corrected chi connectivity index (χ3v) is 3.86. The summed E-state index contributed by atoms with van der Waals surface area (Å²) in [5, 5.41) is 0. The van der Waals surface area contributed by atoms with Crippen LogP contribution >= 0.6 is 0 Å². The second-order valence-electron chi connectivity index (χ2n) is 4.87. The maximum atomic E-state index is 10.8. The third-order valence-electron chi connectivity index (χ3n) is 3.86. The highest BCUT2D eigenvalue weighted by Gasteiger charge is 2.34. The molecule has 1 aromatic rings. The first-order valence-electron chi connectivity index (χ1n) is 6.57. The van der Waals surface area contributed by atoms with Gasteiger partial charge in [-0.15, -0.1) is 0 Å². The number of aliphatic imine (C=N–C) groups is 1. The average molecular weight is 261 g/mol. The summed E-state index contributed by atoms with van der Waals surface area (Å²) in [6.45, 7) is 0. The van der Waals surface area contributed by atoms with Gasteiger partial charge in [0.25, 0.3) is 0 Å². The highest BCUT2D eigenvalue weighted by molar-refractivity contribution is 5.47. The van der Waals surface area contributed by atoms with E-state index in [4.69, 9.17) is 9.47 Å². The molecule has 0 spiro atoms. The Morgan fingerprint density at radius 3 is 2.37 bits per heavy atom. The predicted octanol–water partition coefficient (Wildman–Crippen LogP) is 3.20. The van der Waals surface area contributed by atoms with E-state index in [9.17, 15) is 4.79 Å². The summed E-state index contributed by atoms with van der Waals surface area (Å²) in [7, 11) is 3.22. The minimum atomic E-state index is -0.431. The largest absolute Gasteiger partial charge is 0.493 e. The van der Waals surface area contributed by atoms with Crippen LogP contribution in [0, 0.1) is 0 Å². The van der Waals surface area contributed by atoms with Gasteiger partial charge in [-0.3, -0.25) is 0 Å². The smallest absolute Gasteiger partial charge is 0.235 e. The van der Waals surface area contributed by atoms with Crippen molar-refractivity contribution in [3.8, 4) is 11.5 Å². The lowest BCUT2D eigenvalue weighted by molar-refractivity contribution is 0.300. The number of carbonyl (C=O) groups excluding carboxylic acids is 1. The predicted molar refractivity (Wildman–Crippen MR) is 72.4 cm³/mol. The van der Waals surface area contributed by atoms with Crippen molar-refractivity contribution in [1.82, 2.24) is 0 Å². The number of rotatable bonds is 4. The van der Waals surface area contributed by atoms with E-state index in [-0.39, 0.29) is 0 Å². The van der Waals surface area contributed by atoms with E-state index in [1.165, 1.54) is 6.42 Å². The highest BCUT2D eigenvalue weighted by atomic mass is 16.5. The van der Waals surface area contributed by atoms with E-state index < -0.39 is 5.54 Å². The van der Waals surface area contributed by atoms with Crippen LogP contribution in [0.15, 0.2) is 23.2 Å². The molecule has 2 rings (SSSR count). The van der Waals surface area contributed by atoms with E-state index >= 15 is 0 Å². The first kappa shape index (κ1) is 13.6. The molecule has 1 fully saturated rings. The second kappa shape index (κ2) is 5.89. The molecule has 0 N–H and O–H groups in total. The number of isocyanates is 1. The van der Waals surface area contributed by atoms with Gasteiger partial charge in [0.15, 0.2) is 11.5 Å². The minimum Gasteiger partial charge on any atom is -0.493 e.